The molecule has 2 aromatic rings. The SMILES string of the molecule is Cc1c(F)cc2cccnc2c1O. The Hall–Kier alpha value is -1.64. The van der Waals surface area contributed by atoms with Gasteiger partial charge in [0.2, 0.25) is 0 Å². The standard InChI is InChI=1S/C10H8FNO/c1-6-8(11)5-7-3-2-4-12-9(7)10(6)13/h2-5,13H,1H3. The fourth-order valence-corrected chi connectivity index (χ4v) is 1.27. The highest BCUT2D eigenvalue weighted by Gasteiger charge is 2.08. The summed E-state index contributed by atoms with van der Waals surface area (Å²) in [4.78, 5) is 3.97. The van der Waals surface area contributed by atoms with Gasteiger partial charge in [-0.2, -0.15) is 0 Å². The van der Waals surface area contributed by atoms with Crippen LogP contribution in [0.2, 0.25) is 0 Å². The highest BCUT2D eigenvalue weighted by atomic mass is 19.1. The lowest BCUT2D eigenvalue weighted by Gasteiger charge is -2.03. The molecule has 0 saturated heterocycles. The first-order valence-electron chi connectivity index (χ1n) is 3.93. The molecule has 1 heterocycles. The molecule has 0 aliphatic heterocycles. The molecule has 0 atom stereocenters. The van der Waals surface area contributed by atoms with Crippen molar-refractivity contribution >= 4 is 10.9 Å². The Kier molecular flexibility index (Phi) is 1.65. The number of fused-ring (bicyclic) bond motifs is 1. The Labute approximate surface area is 74.7 Å². The Morgan fingerprint density at radius 2 is 2.23 bits per heavy atom. The first kappa shape index (κ1) is 7.98. The minimum absolute atomic E-state index is 0.0735. The second-order valence-electron chi connectivity index (χ2n) is 2.91. The van der Waals surface area contributed by atoms with E-state index in [2.05, 4.69) is 4.98 Å². The fraction of sp³-hybridized carbons (Fsp3) is 0.100. The predicted molar refractivity (Wildman–Crippen MR) is 48.1 cm³/mol. The second kappa shape index (κ2) is 2.69. The topological polar surface area (TPSA) is 33.1 Å². The van der Waals surface area contributed by atoms with Gasteiger partial charge in [0.1, 0.15) is 17.1 Å². The number of nitrogens with zero attached hydrogens (tertiary/aromatic N) is 1. The molecule has 2 nitrogen and oxygen atoms in total. The van der Waals surface area contributed by atoms with E-state index < -0.39 is 5.82 Å². The fourth-order valence-electron chi connectivity index (χ4n) is 1.27. The molecule has 1 N–H and O–H groups in total. The number of rotatable bonds is 0. The number of aromatic hydroxyl groups is 1. The van der Waals surface area contributed by atoms with Gasteiger partial charge in [0.05, 0.1) is 0 Å². The minimum Gasteiger partial charge on any atom is -0.505 e. The minimum atomic E-state index is -0.405. The van der Waals surface area contributed by atoms with Gasteiger partial charge in [0, 0.05) is 17.1 Å². The largest absolute Gasteiger partial charge is 0.505 e. The third kappa shape index (κ3) is 1.13. The van der Waals surface area contributed by atoms with Crippen molar-refractivity contribution in [2.24, 2.45) is 0 Å². The van der Waals surface area contributed by atoms with E-state index in [0.29, 0.717) is 10.9 Å². The molecule has 3 heteroatoms. The van der Waals surface area contributed by atoms with E-state index in [-0.39, 0.29) is 11.3 Å². The molecule has 1 aromatic heterocycles. The van der Waals surface area contributed by atoms with E-state index in [1.807, 2.05) is 0 Å². The number of phenolic OH excluding ortho intramolecular Hbond substituents is 1. The first-order chi connectivity index (χ1) is 6.20. The Morgan fingerprint density at radius 3 is 3.00 bits per heavy atom. The maximum atomic E-state index is 13.1. The third-order valence-electron chi connectivity index (χ3n) is 2.06. The lowest BCUT2D eigenvalue weighted by atomic mass is 10.1. The van der Waals surface area contributed by atoms with Crippen molar-refractivity contribution in [2.45, 2.75) is 6.92 Å². The van der Waals surface area contributed by atoms with Gasteiger partial charge in [-0.25, -0.2) is 4.39 Å². The van der Waals surface area contributed by atoms with Crippen LogP contribution in [0.4, 0.5) is 4.39 Å². The number of halogens is 1. The van der Waals surface area contributed by atoms with Gasteiger partial charge in [-0.3, -0.25) is 4.98 Å². The molecule has 0 spiro atoms. The maximum absolute atomic E-state index is 13.1. The molecule has 0 unspecified atom stereocenters. The van der Waals surface area contributed by atoms with E-state index in [4.69, 9.17) is 0 Å². The summed E-state index contributed by atoms with van der Waals surface area (Å²) in [5.74, 6) is -0.478. The van der Waals surface area contributed by atoms with Gasteiger partial charge >= 0.3 is 0 Å². The summed E-state index contributed by atoms with van der Waals surface area (Å²) >= 11 is 0. The first-order valence-corrected chi connectivity index (χ1v) is 3.93. The summed E-state index contributed by atoms with van der Waals surface area (Å²) in [6, 6.07) is 4.79. The summed E-state index contributed by atoms with van der Waals surface area (Å²) in [7, 11) is 0. The van der Waals surface area contributed by atoms with Crippen LogP contribution in [0.15, 0.2) is 24.4 Å². The van der Waals surface area contributed by atoms with Crippen LogP contribution in [0.25, 0.3) is 10.9 Å². The van der Waals surface area contributed by atoms with Crippen LogP contribution in [-0.2, 0) is 0 Å². The van der Waals surface area contributed by atoms with Gasteiger partial charge < -0.3 is 5.11 Å². The Bertz CT molecular complexity index is 468. The van der Waals surface area contributed by atoms with Gasteiger partial charge in [0.25, 0.3) is 0 Å². The van der Waals surface area contributed by atoms with E-state index in [1.54, 1.807) is 18.3 Å². The number of aromatic nitrogens is 1. The monoisotopic (exact) mass is 177 g/mol. The van der Waals surface area contributed by atoms with Crippen molar-refractivity contribution in [3.8, 4) is 5.75 Å². The highest BCUT2D eigenvalue weighted by Crippen LogP contribution is 2.28. The van der Waals surface area contributed by atoms with Crippen LogP contribution < -0.4 is 0 Å². The molecular weight excluding hydrogens is 169 g/mol. The number of hydrogen-bond donors (Lipinski definition) is 1. The van der Waals surface area contributed by atoms with Crippen molar-refractivity contribution in [3.63, 3.8) is 0 Å². The Morgan fingerprint density at radius 1 is 1.46 bits per heavy atom. The molecule has 66 valence electrons. The zero-order chi connectivity index (χ0) is 9.42. The van der Waals surface area contributed by atoms with E-state index in [9.17, 15) is 9.50 Å². The second-order valence-corrected chi connectivity index (χ2v) is 2.91. The number of hydrogen-bond acceptors (Lipinski definition) is 2. The summed E-state index contributed by atoms with van der Waals surface area (Å²) in [5, 5.41) is 10.2. The smallest absolute Gasteiger partial charge is 0.147 e. The average Bonchev–Trinajstić information content (AvgIpc) is 2.15. The van der Waals surface area contributed by atoms with E-state index in [0.717, 1.165) is 0 Å². The average molecular weight is 177 g/mol. The molecule has 1 aromatic carbocycles. The summed E-state index contributed by atoms with van der Waals surface area (Å²) in [6.45, 7) is 1.53. The van der Waals surface area contributed by atoms with Crippen molar-refractivity contribution in [3.05, 3.63) is 35.8 Å². The molecule has 0 saturated carbocycles. The number of benzene rings is 1. The lowest BCUT2D eigenvalue weighted by Crippen LogP contribution is -1.87. The van der Waals surface area contributed by atoms with Crippen molar-refractivity contribution in [1.29, 1.82) is 0 Å². The zero-order valence-electron chi connectivity index (χ0n) is 7.08. The quantitative estimate of drug-likeness (QED) is 0.670. The molecule has 0 aliphatic carbocycles. The molecule has 0 aliphatic rings. The molecule has 2 rings (SSSR count). The molecule has 13 heavy (non-hydrogen) atoms. The van der Waals surface area contributed by atoms with Crippen LogP contribution in [0.1, 0.15) is 5.56 Å². The summed E-state index contributed by atoms with van der Waals surface area (Å²) in [5.41, 5.74) is 0.688. The molecule has 0 radical (unpaired) electrons. The predicted octanol–water partition coefficient (Wildman–Crippen LogP) is 2.39. The highest BCUT2D eigenvalue weighted by molar-refractivity contribution is 5.85. The van der Waals surface area contributed by atoms with Gasteiger partial charge in [0.15, 0.2) is 0 Å². The van der Waals surface area contributed by atoms with Crippen LogP contribution in [0, 0.1) is 12.7 Å². The Balaban J connectivity index is 2.94. The molecule has 0 fully saturated rings. The van der Waals surface area contributed by atoms with Crippen molar-refractivity contribution in [2.75, 3.05) is 0 Å². The van der Waals surface area contributed by atoms with Gasteiger partial charge in [-0.05, 0) is 19.1 Å². The molecule has 0 amide bonds. The van der Waals surface area contributed by atoms with Crippen LogP contribution in [-0.4, -0.2) is 10.1 Å². The van der Waals surface area contributed by atoms with Gasteiger partial charge in [-0.15, -0.1) is 0 Å². The van der Waals surface area contributed by atoms with Crippen LogP contribution in [0.5, 0.6) is 5.75 Å². The van der Waals surface area contributed by atoms with Gasteiger partial charge in [-0.1, -0.05) is 6.07 Å². The number of pyridine rings is 1. The molecule has 0 bridgehead atoms. The van der Waals surface area contributed by atoms with Crippen LogP contribution >= 0.6 is 0 Å². The summed E-state index contributed by atoms with van der Waals surface area (Å²) < 4.78 is 13.1. The molecular formula is C10H8FNO. The lowest BCUT2D eigenvalue weighted by molar-refractivity contribution is 0.468. The zero-order valence-corrected chi connectivity index (χ0v) is 7.08. The number of phenols is 1. The summed E-state index contributed by atoms with van der Waals surface area (Å²) in [6.07, 6.45) is 1.57. The van der Waals surface area contributed by atoms with Crippen LogP contribution in [0.3, 0.4) is 0 Å². The maximum Gasteiger partial charge on any atom is 0.147 e. The third-order valence-corrected chi connectivity index (χ3v) is 2.06. The normalized spacial score (nSPS) is 10.6. The van der Waals surface area contributed by atoms with E-state index in [1.165, 1.54) is 13.0 Å². The van der Waals surface area contributed by atoms with Crippen molar-refractivity contribution in [1.82, 2.24) is 4.98 Å². The van der Waals surface area contributed by atoms with Crippen molar-refractivity contribution < 1.29 is 9.50 Å². The van der Waals surface area contributed by atoms with E-state index >= 15 is 0 Å².